The second-order valence-corrected chi connectivity index (χ2v) is 6.17. The molecule has 1 heterocycles. The minimum atomic E-state index is -0.0943. The van der Waals surface area contributed by atoms with Crippen LogP contribution in [0.2, 0.25) is 0 Å². The first-order chi connectivity index (χ1) is 11.2. The molecule has 1 N–H and O–H groups in total. The van der Waals surface area contributed by atoms with Gasteiger partial charge in [-0.15, -0.1) is 0 Å². The van der Waals surface area contributed by atoms with Gasteiger partial charge in [-0.25, -0.2) is 0 Å². The summed E-state index contributed by atoms with van der Waals surface area (Å²) in [7, 11) is 1.59. The number of ether oxygens (including phenoxy) is 2. The fourth-order valence-electron chi connectivity index (χ4n) is 2.75. The molecule has 5 nitrogen and oxygen atoms in total. The molecule has 0 radical (unpaired) electrons. The third-order valence-corrected chi connectivity index (χ3v) is 4.28. The first-order valence-electron chi connectivity index (χ1n) is 8.44. The van der Waals surface area contributed by atoms with Crippen LogP contribution < -0.4 is 14.8 Å². The van der Waals surface area contributed by atoms with Crippen LogP contribution in [-0.2, 0) is 4.79 Å². The molecule has 1 fully saturated rings. The Hall–Kier alpha value is -1.75. The molecule has 1 aliphatic heterocycles. The molecule has 0 spiro atoms. The number of benzene rings is 1. The van der Waals surface area contributed by atoms with Crippen LogP contribution >= 0.6 is 0 Å². The summed E-state index contributed by atoms with van der Waals surface area (Å²) in [6.07, 6.45) is 3.56. The second-order valence-electron chi connectivity index (χ2n) is 6.17. The Morgan fingerprint density at radius 2 is 1.96 bits per heavy atom. The van der Waals surface area contributed by atoms with Gasteiger partial charge in [0.15, 0.2) is 18.1 Å². The van der Waals surface area contributed by atoms with E-state index in [2.05, 4.69) is 17.1 Å². The number of amides is 1. The number of methoxy groups -OCH3 is 1. The van der Waals surface area contributed by atoms with Crippen LogP contribution in [0.15, 0.2) is 24.3 Å². The highest BCUT2D eigenvalue weighted by Gasteiger charge is 2.14. The Labute approximate surface area is 139 Å². The molecule has 0 aliphatic carbocycles. The van der Waals surface area contributed by atoms with E-state index < -0.39 is 0 Å². The summed E-state index contributed by atoms with van der Waals surface area (Å²) in [5.74, 6) is 1.99. The van der Waals surface area contributed by atoms with Crippen LogP contribution in [0.3, 0.4) is 0 Å². The highest BCUT2D eigenvalue weighted by Crippen LogP contribution is 2.25. The van der Waals surface area contributed by atoms with E-state index in [0.29, 0.717) is 18.0 Å². The third kappa shape index (κ3) is 6.10. The van der Waals surface area contributed by atoms with Crippen LogP contribution in [0.1, 0.15) is 26.2 Å². The highest BCUT2D eigenvalue weighted by molar-refractivity contribution is 5.77. The van der Waals surface area contributed by atoms with Gasteiger partial charge in [-0.2, -0.15) is 0 Å². The van der Waals surface area contributed by atoms with Gasteiger partial charge >= 0.3 is 0 Å². The van der Waals surface area contributed by atoms with Crippen LogP contribution in [-0.4, -0.2) is 50.7 Å². The van der Waals surface area contributed by atoms with Crippen molar-refractivity contribution in [1.82, 2.24) is 10.2 Å². The second kappa shape index (κ2) is 9.40. The first-order valence-corrected chi connectivity index (χ1v) is 8.44. The molecule has 0 saturated carbocycles. The summed E-state index contributed by atoms with van der Waals surface area (Å²) in [6.45, 7) is 6.46. The molecule has 1 aromatic carbocycles. The lowest BCUT2D eigenvalue weighted by Gasteiger charge is -2.30. The standard InChI is InChI=1S/C18H28N2O3/c1-15-8-12-20(13-9-15)11-5-10-19-18(21)14-23-17-7-4-3-6-16(17)22-2/h3-4,6-7,15H,5,8-14H2,1-2H3,(H,19,21). The lowest BCUT2D eigenvalue weighted by Crippen LogP contribution is -2.36. The van der Waals surface area contributed by atoms with E-state index >= 15 is 0 Å². The van der Waals surface area contributed by atoms with Gasteiger partial charge in [0.2, 0.25) is 0 Å². The summed E-state index contributed by atoms with van der Waals surface area (Å²) in [5.41, 5.74) is 0. The summed E-state index contributed by atoms with van der Waals surface area (Å²) in [5, 5.41) is 2.91. The maximum Gasteiger partial charge on any atom is 0.257 e. The predicted molar refractivity (Wildman–Crippen MR) is 91.0 cm³/mol. The molecular formula is C18H28N2O3. The van der Waals surface area contributed by atoms with Crippen molar-refractivity contribution < 1.29 is 14.3 Å². The van der Waals surface area contributed by atoms with Gasteiger partial charge in [0.1, 0.15) is 0 Å². The molecule has 1 saturated heterocycles. The Kier molecular flexibility index (Phi) is 7.20. The zero-order chi connectivity index (χ0) is 16.5. The van der Waals surface area contributed by atoms with Gasteiger partial charge < -0.3 is 19.7 Å². The first kappa shape index (κ1) is 17.6. The molecule has 1 aliphatic rings. The van der Waals surface area contributed by atoms with Crippen LogP contribution in [0, 0.1) is 5.92 Å². The molecule has 0 atom stereocenters. The molecule has 0 aromatic heterocycles. The molecule has 128 valence electrons. The Balaban J connectivity index is 1.58. The van der Waals surface area contributed by atoms with Crippen molar-refractivity contribution in [3.05, 3.63) is 24.3 Å². The quantitative estimate of drug-likeness (QED) is 0.747. The number of nitrogens with one attached hydrogen (secondary N) is 1. The highest BCUT2D eigenvalue weighted by atomic mass is 16.5. The number of para-hydroxylation sites is 2. The van der Waals surface area contributed by atoms with Crippen molar-refractivity contribution in [2.24, 2.45) is 5.92 Å². The number of nitrogens with zero attached hydrogens (tertiary/aromatic N) is 1. The van der Waals surface area contributed by atoms with Crippen molar-refractivity contribution in [2.45, 2.75) is 26.2 Å². The number of hydrogen-bond donors (Lipinski definition) is 1. The Bertz CT molecular complexity index is 485. The maximum absolute atomic E-state index is 11.8. The van der Waals surface area contributed by atoms with E-state index in [-0.39, 0.29) is 12.5 Å². The summed E-state index contributed by atoms with van der Waals surface area (Å²) in [4.78, 5) is 14.3. The normalized spacial score (nSPS) is 16.1. The minimum absolute atomic E-state index is 0.0155. The van der Waals surface area contributed by atoms with Gasteiger partial charge in [-0.1, -0.05) is 19.1 Å². The van der Waals surface area contributed by atoms with E-state index in [4.69, 9.17) is 9.47 Å². The molecule has 0 bridgehead atoms. The molecule has 1 amide bonds. The molecule has 2 rings (SSSR count). The third-order valence-electron chi connectivity index (χ3n) is 4.28. The smallest absolute Gasteiger partial charge is 0.257 e. The molecule has 0 unspecified atom stereocenters. The van der Waals surface area contributed by atoms with Crippen molar-refractivity contribution in [3.8, 4) is 11.5 Å². The fraction of sp³-hybridized carbons (Fsp3) is 0.611. The van der Waals surface area contributed by atoms with E-state index in [1.165, 1.54) is 25.9 Å². The molecular weight excluding hydrogens is 292 g/mol. The van der Waals surface area contributed by atoms with Crippen LogP contribution in [0.4, 0.5) is 0 Å². The number of rotatable bonds is 8. The lowest BCUT2D eigenvalue weighted by molar-refractivity contribution is -0.123. The minimum Gasteiger partial charge on any atom is -0.493 e. The number of likely N-dealkylation sites (tertiary alicyclic amines) is 1. The predicted octanol–water partition coefficient (Wildman–Crippen LogP) is 2.31. The Morgan fingerprint density at radius 1 is 1.26 bits per heavy atom. The van der Waals surface area contributed by atoms with Gasteiger partial charge in [0.25, 0.3) is 5.91 Å². The Morgan fingerprint density at radius 3 is 2.65 bits per heavy atom. The van der Waals surface area contributed by atoms with E-state index in [1.807, 2.05) is 18.2 Å². The van der Waals surface area contributed by atoms with Crippen LogP contribution in [0.5, 0.6) is 11.5 Å². The maximum atomic E-state index is 11.8. The van der Waals surface area contributed by atoms with Crippen LogP contribution in [0.25, 0.3) is 0 Å². The summed E-state index contributed by atoms with van der Waals surface area (Å²) in [6, 6.07) is 7.33. The summed E-state index contributed by atoms with van der Waals surface area (Å²) < 4.78 is 10.7. The number of carbonyl (C=O) groups is 1. The molecule has 1 aromatic rings. The number of carbonyl (C=O) groups excluding carboxylic acids is 1. The zero-order valence-corrected chi connectivity index (χ0v) is 14.2. The average Bonchev–Trinajstić information content (AvgIpc) is 2.58. The van der Waals surface area contributed by atoms with Crippen molar-refractivity contribution in [1.29, 1.82) is 0 Å². The monoisotopic (exact) mass is 320 g/mol. The van der Waals surface area contributed by atoms with Gasteiger partial charge in [0, 0.05) is 6.54 Å². The topological polar surface area (TPSA) is 50.8 Å². The van der Waals surface area contributed by atoms with Gasteiger partial charge in [0.05, 0.1) is 7.11 Å². The van der Waals surface area contributed by atoms with E-state index in [9.17, 15) is 4.79 Å². The zero-order valence-electron chi connectivity index (χ0n) is 14.2. The number of hydrogen-bond acceptors (Lipinski definition) is 4. The van der Waals surface area contributed by atoms with Crippen molar-refractivity contribution in [3.63, 3.8) is 0 Å². The van der Waals surface area contributed by atoms with Gasteiger partial charge in [-0.3, -0.25) is 4.79 Å². The fourth-order valence-corrected chi connectivity index (χ4v) is 2.75. The molecule has 23 heavy (non-hydrogen) atoms. The lowest BCUT2D eigenvalue weighted by atomic mass is 9.99. The van der Waals surface area contributed by atoms with Crippen molar-refractivity contribution >= 4 is 5.91 Å². The van der Waals surface area contributed by atoms with Gasteiger partial charge in [-0.05, 0) is 56.9 Å². The molecule has 5 heteroatoms. The van der Waals surface area contributed by atoms with E-state index in [1.54, 1.807) is 13.2 Å². The SMILES string of the molecule is COc1ccccc1OCC(=O)NCCCN1CCC(C)CC1. The van der Waals surface area contributed by atoms with E-state index in [0.717, 1.165) is 18.9 Å². The average molecular weight is 320 g/mol. The number of piperidine rings is 1. The summed E-state index contributed by atoms with van der Waals surface area (Å²) >= 11 is 0. The largest absolute Gasteiger partial charge is 0.493 e. The van der Waals surface area contributed by atoms with Crippen molar-refractivity contribution in [2.75, 3.05) is 39.9 Å².